The number of rotatable bonds is 6. The van der Waals surface area contributed by atoms with E-state index in [0.29, 0.717) is 11.5 Å². The monoisotopic (exact) mass is 197 g/mol. The molecule has 1 heteroatoms. The average molecular weight is 197 g/mol. The quantitative estimate of drug-likeness (QED) is 0.639. The van der Waals surface area contributed by atoms with E-state index in [1.54, 1.807) is 0 Å². The molecule has 1 unspecified atom stereocenters. The summed E-state index contributed by atoms with van der Waals surface area (Å²) in [6.45, 7) is 16.3. The number of allylic oxidation sites excluding steroid dienone is 1. The van der Waals surface area contributed by atoms with Crippen molar-refractivity contribution in [3.8, 4) is 0 Å². The Bertz CT molecular complexity index is 165. The van der Waals surface area contributed by atoms with E-state index in [1.165, 1.54) is 18.4 Å². The van der Waals surface area contributed by atoms with Gasteiger partial charge in [0.25, 0.3) is 0 Å². The third-order valence-electron chi connectivity index (χ3n) is 2.55. The Hall–Kier alpha value is -0.300. The molecule has 0 bridgehead atoms. The maximum absolute atomic E-state index is 3.96. The van der Waals surface area contributed by atoms with E-state index in [0.717, 1.165) is 13.0 Å². The Morgan fingerprint density at radius 1 is 1.36 bits per heavy atom. The van der Waals surface area contributed by atoms with Crippen LogP contribution in [0, 0.1) is 5.41 Å². The molecule has 0 rings (SSSR count). The maximum atomic E-state index is 3.96. The van der Waals surface area contributed by atoms with Gasteiger partial charge in [0.2, 0.25) is 0 Å². The molecular formula is C13H27N. The molecule has 0 aliphatic rings. The van der Waals surface area contributed by atoms with Crippen molar-refractivity contribution in [3.63, 3.8) is 0 Å². The maximum Gasteiger partial charge on any atom is 0.0119 e. The van der Waals surface area contributed by atoms with Crippen LogP contribution in [-0.2, 0) is 0 Å². The predicted octanol–water partition coefficient (Wildman–Crippen LogP) is 3.76. The zero-order valence-electron chi connectivity index (χ0n) is 10.6. The van der Waals surface area contributed by atoms with Crippen molar-refractivity contribution in [3.05, 3.63) is 12.2 Å². The van der Waals surface area contributed by atoms with E-state index in [9.17, 15) is 0 Å². The average Bonchev–Trinajstić information content (AvgIpc) is 2.01. The standard InChI is InChI=1S/C13H27N/c1-7-10-14-12(13(4,5)6)9-8-11(2)3/h12,14H,2,7-10H2,1,3-6H3. The van der Waals surface area contributed by atoms with Gasteiger partial charge >= 0.3 is 0 Å². The lowest BCUT2D eigenvalue weighted by Gasteiger charge is -2.32. The highest BCUT2D eigenvalue weighted by molar-refractivity contribution is 4.91. The van der Waals surface area contributed by atoms with Crippen LogP contribution in [0.15, 0.2) is 12.2 Å². The molecule has 0 saturated heterocycles. The van der Waals surface area contributed by atoms with E-state index in [4.69, 9.17) is 0 Å². The Morgan fingerprint density at radius 2 is 1.93 bits per heavy atom. The van der Waals surface area contributed by atoms with Crippen LogP contribution in [0.25, 0.3) is 0 Å². The lowest BCUT2D eigenvalue weighted by molar-refractivity contribution is 0.255. The normalized spacial score (nSPS) is 14.1. The van der Waals surface area contributed by atoms with E-state index >= 15 is 0 Å². The first-order valence-corrected chi connectivity index (χ1v) is 5.75. The summed E-state index contributed by atoms with van der Waals surface area (Å²) in [6.07, 6.45) is 3.55. The Morgan fingerprint density at radius 3 is 2.29 bits per heavy atom. The first-order chi connectivity index (χ1) is 6.38. The van der Waals surface area contributed by atoms with Gasteiger partial charge in [0.15, 0.2) is 0 Å². The van der Waals surface area contributed by atoms with E-state index in [-0.39, 0.29) is 0 Å². The summed E-state index contributed by atoms with van der Waals surface area (Å²) in [5.74, 6) is 0. The lowest BCUT2D eigenvalue weighted by atomic mass is 9.83. The zero-order valence-corrected chi connectivity index (χ0v) is 10.6. The van der Waals surface area contributed by atoms with Crippen LogP contribution in [-0.4, -0.2) is 12.6 Å². The molecular weight excluding hydrogens is 170 g/mol. The van der Waals surface area contributed by atoms with Gasteiger partial charge in [0.05, 0.1) is 0 Å². The summed E-state index contributed by atoms with van der Waals surface area (Å²) >= 11 is 0. The van der Waals surface area contributed by atoms with Crippen molar-refractivity contribution in [1.82, 2.24) is 5.32 Å². The second kappa shape index (κ2) is 6.23. The highest BCUT2D eigenvalue weighted by Gasteiger charge is 2.22. The van der Waals surface area contributed by atoms with Gasteiger partial charge in [0.1, 0.15) is 0 Å². The predicted molar refractivity (Wildman–Crippen MR) is 65.6 cm³/mol. The molecule has 0 aromatic rings. The summed E-state index contributed by atoms with van der Waals surface area (Å²) in [7, 11) is 0. The zero-order chi connectivity index (χ0) is 11.2. The molecule has 0 saturated carbocycles. The molecule has 0 fully saturated rings. The molecule has 1 atom stereocenters. The van der Waals surface area contributed by atoms with Gasteiger partial charge in [-0.3, -0.25) is 0 Å². The van der Waals surface area contributed by atoms with Crippen LogP contribution in [0.5, 0.6) is 0 Å². The van der Waals surface area contributed by atoms with Crippen molar-refractivity contribution in [2.24, 2.45) is 5.41 Å². The number of nitrogens with one attached hydrogen (secondary N) is 1. The van der Waals surface area contributed by atoms with Gasteiger partial charge in [-0.2, -0.15) is 0 Å². The molecule has 14 heavy (non-hydrogen) atoms. The largest absolute Gasteiger partial charge is 0.313 e. The van der Waals surface area contributed by atoms with Crippen LogP contribution < -0.4 is 5.32 Å². The lowest BCUT2D eigenvalue weighted by Crippen LogP contribution is -2.40. The van der Waals surface area contributed by atoms with Crippen LogP contribution in [0.1, 0.15) is 53.9 Å². The first-order valence-electron chi connectivity index (χ1n) is 5.75. The molecule has 1 nitrogen and oxygen atoms in total. The number of hydrogen-bond donors (Lipinski definition) is 1. The SMILES string of the molecule is C=C(C)CCC(NCCC)C(C)(C)C. The third-order valence-corrected chi connectivity index (χ3v) is 2.55. The second-order valence-electron chi connectivity index (χ2n) is 5.37. The second-order valence-corrected chi connectivity index (χ2v) is 5.37. The highest BCUT2D eigenvalue weighted by Crippen LogP contribution is 2.23. The summed E-state index contributed by atoms with van der Waals surface area (Å²) in [6, 6.07) is 0.610. The van der Waals surface area contributed by atoms with E-state index in [2.05, 4.69) is 46.5 Å². The first kappa shape index (κ1) is 13.7. The van der Waals surface area contributed by atoms with Crippen molar-refractivity contribution in [2.45, 2.75) is 59.9 Å². The van der Waals surface area contributed by atoms with E-state index in [1.807, 2.05) is 0 Å². The fourth-order valence-electron chi connectivity index (χ4n) is 1.55. The minimum Gasteiger partial charge on any atom is -0.313 e. The fourth-order valence-corrected chi connectivity index (χ4v) is 1.55. The topological polar surface area (TPSA) is 12.0 Å². The summed E-state index contributed by atoms with van der Waals surface area (Å²) in [5.41, 5.74) is 1.64. The third kappa shape index (κ3) is 6.20. The van der Waals surface area contributed by atoms with Crippen LogP contribution in [0.2, 0.25) is 0 Å². The number of hydrogen-bond acceptors (Lipinski definition) is 1. The van der Waals surface area contributed by atoms with Gasteiger partial charge in [-0.15, -0.1) is 6.58 Å². The summed E-state index contributed by atoms with van der Waals surface area (Å²) in [5, 5.41) is 3.62. The minimum atomic E-state index is 0.352. The Labute approximate surface area is 90.0 Å². The molecule has 0 amide bonds. The molecule has 0 spiro atoms. The van der Waals surface area contributed by atoms with Crippen LogP contribution >= 0.6 is 0 Å². The van der Waals surface area contributed by atoms with Gasteiger partial charge in [-0.1, -0.05) is 33.3 Å². The molecule has 0 heterocycles. The van der Waals surface area contributed by atoms with E-state index < -0.39 is 0 Å². The molecule has 0 radical (unpaired) electrons. The highest BCUT2D eigenvalue weighted by atomic mass is 14.9. The van der Waals surface area contributed by atoms with Crippen LogP contribution in [0.4, 0.5) is 0 Å². The van der Waals surface area contributed by atoms with Crippen molar-refractivity contribution >= 4 is 0 Å². The molecule has 0 aromatic carbocycles. The molecule has 0 aliphatic carbocycles. The summed E-state index contributed by atoms with van der Waals surface area (Å²) in [4.78, 5) is 0. The molecule has 84 valence electrons. The van der Waals surface area contributed by atoms with Gasteiger partial charge in [-0.05, 0) is 38.1 Å². The van der Waals surface area contributed by atoms with Crippen molar-refractivity contribution in [1.29, 1.82) is 0 Å². The van der Waals surface area contributed by atoms with Gasteiger partial charge in [0, 0.05) is 6.04 Å². The Balaban J connectivity index is 4.04. The van der Waals surface area contributed by atoms with Gasteiger partial charge < -0.3 is 5.32 Å². The summed E-state index contributed by atoms with van der Waals surface area (Å²) < 4.78 is 0. The van der Waals surface area contributed by atoms with Gasteiger partial charge in [-0.25, -0.2) is 0 Å². The minimum absolute atomic E-state index is 0.352. The fraction of sp³-hybridized carbons (Fsp3) is 0.846. The van der Waals surface area contributed by atoms with Crippen molar-refractivity contribution < 1.29 is 0 Å². The molecule has 1 N–H and O–H groups in total. The molecule has 0 aliphatic heterocycles. The van der Waals surface area contributed by atoms with Crippen molar-refractivity contribution in [2.75, 3.05) is 6.54 Å². The smallest absolute Gasteiger partial charge is 0.0119 e. The van der Waals surface area contributed by atoms with Crippen LogP contribution in [0.3, 0.4) is 0 Å². The Kier molecular flexibility index (Phi) is 6.10. The molecule has 0 aromatic heterocycles.